The average molecular weight is 670 g/mol. The van der Waals surface area contributed by atoms with Crippen LogP contribution in [-0.2, 0) is 20.6 Å². The van der Waals surface area contributed by atoms with Gasteiger partial charge in [0.15, 0.2) is 5.82 Å². The number of benzene rings is 1. The van der Waals surface area contributed by atoms with E-state index in [0.29, 0.717) is 83.6 Å². The Hall–Kier alpha value is -3.88. The number of carbonyl (C=O) groups excluding carboxylic acids is 1. The lowest BCUT2D eigenvalue weighted by molar-refractivity contribution is -0.00464. The van der Waals surface area contributed by atoms with Crippen molar-refractivity contribution in [3.63, 3.8) is 0 Å². The lowest BCUT2D eigenvalue weighted by Crippen LogP contribution is -2.43. The fraction of sp³-hybridized carbons (Fsp3) is 0.531. The number of hydrogen-bond acceptors (Lipinski definition) is 11. The summed E-state index contributed by atoms with van der Waals surface area (Å²) in [6.07, 6.45) is 4.50. The van der Waals surface area contributed by atoms with Gasteiger partial charge in [0.1, 0.15) is 35.9 Å². The van der Waals surface area contributed by atoms with Gasteiger partial charge in [-0.1, -0.05) is 11.6 Å². The van der Waals surface area contributed by atoms with Crippen LogP contribution in [0.1, 0.15) is 37.7 Å². The molecule has 0 aliphatic carbocycles. The Morgan fingerprint density at radius 3 is 2.96 bits per heavy atom. The highest BCUT2D eigenvalue weighted by molar-refractivity contribution is 6.33. The van der Waals surface area contributed by atoms with Crippen LogP contribution in [0, 0.1) is 5.82 Å². The number of nitrogens with zero attached hydrogens (tertiary/aromatic N) is 6. The van der Waals surface area contributed by atoms with Gasteiger partial charge >= 0.3 is 12.2 Å². The summed E-state index contributed by atoms with van der Waals surface area (Å²) in [5.74, 6) is -0.302. The molecule has 3 aromatic heterocycles. The number of ether oxygens (including phenoxy) is 4. The standard InChI is InChI=1S/C32H34ClF2N7O5/c33-23-10-24-21(13-37-40-24)25-20(23)4-1-2-8-45-31(43)47-19-15-41(7-9-44-16-19)29-22-12-36-28(25)26(35)27(22)38-30(39-29)46-17-32-5-3-6-42(32)14-18(34)11-32/h10,12-13,18-19H,1-9,11,14-17H2,(H,37,40)/t18-,19+,32+/m1/s1. The van der Waals surface area contributed by atoms with E-state index in [9.17, 15) is 9.18 Å². The quantitative estimate of drug-likeness (QED) is 0.296. The van der Waals surface area contributed by atoms with Crippen molar-refractivity contribution < 1.29 is 32.5 Å². The normalized spacial score (nSPS) is 25.4. The van der Waals surface area contributed by atoms with E-state index in [1.165, 1.54) is 0 Å². The summed E-state index contributed by atoms with van der Waals surface area (Å²) < 4.78 is 54.6. The highest BCUT2D eigenvalue weighted by Gasteiger charge is 2.49. The van der Waals surface area contributed by atoms with Crippen molar-refractivity contribution >= 4 is 45.4 Å². The molecular formula is C32H34ClF2N7O5. The number of H-pyrrole nitrogens is 1. The van der Waals surface area contributed by atoms with Gasteiger partial charge in [0.2, 0.25) is 0 Å². The molecule has 47 heavy (non-hydrogen) atoms. The van der Waals surface area contributed by atoms with Crippen molar-refractivity contribution in [2.24, 2.45) is 0 Å². The molecule has 0 amide bonds. The van der Waals surface area contributed by atoms with E-state index in [2.05, 4.69) is 25.1 Å². The van der Waals surface area contributed by atoms with Crippen LogP contribution in [-0.4, -0.2) is 107 Å². The molecule has 1 aromatic carbocycles. The number of rotatable bonds is 3. The number of aromatic amines is 1. The molecule has 3 saturated heterocycles. The monoisotopic (exact) mass is 669 g/mol. The largest absolute Gasteiger partial charge is 0.508 e. The van der Waals surface area contributed by atoms with Gasteiger partial charge < -0.3 is 23.8 Å². The first-order valence-electron chi connectivity index (χ1n) is 16.1. The highest BCUT2D eigenvalue weighted by atomic mass is 35.5. The van der Waals surface area contributed by atoms with Crippen molar-refractivity contribution in [2.45, 2.75) is 56.3 Å². The van der Waals surface area contributed by atoms with E-state index in [-0.39, 0.29) is 43.6 Å². The van der Waals surface area contributed by atoms with Crippen molar-refractivity contribution in [3.8, 4) is 17.3 Å². The van der Waals surface area contributed by atoms with Crippen LogP contribution in [0.5, 0.6) is 6.01 Å². The highest BCUT2D eigenvalue weighted by Crippen LogP contribution is 2.42. The molecule has 5 aliphatic rings. The van der Waals surface area contributed by atoms with E-state index in [1.54, 1.807) is 18.5 Å². The van der Waals surface area contributed by atoms with Gasteiger partial charge in [0.25, 0.3) is 0 Å². The summed E-state index contributed by atoms with van der Waals surface area (Å²) in [6.45, 7) is 2.55. The van der Waals surface area contributed by atoms with Gasteiger partial charge in [-0.25, -0.2) is 13.6 Å². The molecular weight excluding hydrogens is 636 g/mol. The molecule has 3 atom stereocenters. The molecule has 6 bridgehead atoms. The zero-order chi connectivity index (χ0) is 32.1. The first kappa shape index (κ1) is 30.5. The Balaban J connectivity index is 1.29. The summed E-state index contributed by atoms with van der Waals surface area (Å²) in [6, 6.07) is 1.73. The van der Waals surface area contributed by atoms with E-state index in [4.69, 9.17) is 35.5 Å². The number of nitrogens with one attached hydrogen (secondary N) is 1. The molecule has 1 N–H and O–H groups in total. The lowest BCUT2D eigenvalue weighted by atomic mass is 9.95. The first-order chi connectivity index (χ1) is 22.9. The first-order valence-corrected chi connectivity index (χ1v) is 16.5. The predicted molar refractivity (Wildman–Crippen MR) is 168 cm³/mol. The Morgan fingerprint density at radius 2 is 2.04 bits per heavy atom. The maximum absolute atomic E-state index is 17.0. The van der Waals surface area contributed by atoms with Crippen LogP contribution in [0.4, 0.5) is 19.4 Å². The van der Waals surface area contributed by atoms with Crippen LogP contribution in [0.3, 0.4) is 0 Å². The Bertz CT molecular complexity index is 1840. The number of hydrogen-bond donors (Lipinski definition) is 1. The molecule has 15 heteroatoms. The molecule has 8 heterocycles. The second kappa shape index (κ2) is 12.3. The molecule has 9 rings (SSSR count). The Labute approximate surface area is 273 Å². The molecule has 5 aliphatic heterocycles. The van der Waals surface area contributed by atoms with E-state index >= 15 is 4.39 Å². The summed E-state index contributed by atoms with van der Waals surface area (Å²) >= 11 is 6.79. The number of anilines is 1. The van der Waals surface area contributed by atoms with Crippen molar-refractivity contribution in [3.05, 3.63) is 34.9 Å². The van der Waals surface area contributed by atoms with Gasteiger partial charge in [-0.2, -0.15) is 15.1 Å². The third kappa shape index (κ3) is 5.59. The van der Waals surface area contributed by atoms with Crippen molar-refractivity contribution in [1.29, 1.82) is 0 Å². The van der Waals surface area contributed by atoms with Crippen molar-refractivity contribution in [1.82, 2.24) is 30.0 Å². The SMILES string of the molecule is O=C1OCCCCc2c(Cl)cc3[nH]ncc3c2-c2ncc3c(nc(OC[C@@]45CCCN4C[C@H](F)C5)nc3c2F)N2CCOC[C@H](C2)O1. The maximum atomic E-state index is 17.0. The van der Waals surface area contributed by atoms with Crippen molar-refractivity contribution in [2.75, 3.05) is 57.5 Å². The topological polar surface area (TPSA) is 128 Å². The van der Waals surface area contributed by atoms with Crippen LogP contribution in [0.15, 0.2) is 18.5 Å². The molecule has 248 valence electrons. The third-order valence-electron chi connectivity index (χ3n) is 9.75. The number of carbonyl (C=O) groups is 1. The summed E-state index contributed by atoms with van der Waals surface area (Å²) in [5, 5.41) is 8.56. The number of halogens is 3. The van der Waals surface area contributed by atoms with Gasteiger partial charge in [-0.15, -0.1) is 0 Å². The van der Waals surface area contributed by atoms with E-state index in [0.717, 1.165) is 19.4 Å². The zero-order valence-electron chi connectivity index (χ0n) is 25.6. The molecule has 0 unspecified atom stereocenters. The predicted octanol–water partition coefficient (Wildman–Crippen LogP) is 5.01. The third-order valence-corrected chi connectivity index (χ3v) is 10.1. The van der Waals surface area contributed by atoms with Crippen LogP contribution in [0.2, 0.25) is 5.02 Å². The number of alkyl halides is 1. The number of pyridine rings is 1. The minimum absolute atomic E-state index is 0.0134. The second-order valence-corrected chi connectivity index (χ2v) is 13.1. The van der Waals surface area contributed by atoms with E-state index < -0.39 is 29.8 Å². The van der Waals surface area contributed by atoms with Crippen LogP contribution >= 0.6 is 11.6 Å². The Morgan fingerprint density at radius 1 is 1.13 bits per heavy atom. The maximum Gasteiger partial charge on any atom is 0.508 e. The summed E-state index contributed by atoms with van der Waals surface area (Å²) in [5.41, 5.74) is 1.48. The average Bonchev–Trinajstić information content (AvgIpc) is 3.69. The molecule has 0 saturated carbocycles. The fourth-order valence-electron chi connectivity index (χ4n) is 7.54. The molecule has 0 spiro atoms. The lowest BCUT2D eigenvalue weighted by Gasteiger charge is -2.31. The summed E-state index contributed by atoms with van der Waals surface area (Å²) in [7, 11) is 0. The zero-order valence-corrected chi connectivity index (χ0v) is 26.4. The summed E-state index contributed by atoms with van der Waals surface area (Å²) in [4.78, 5) is 30.7. The molecule has 4 aromatic rings. The van der Waals surface area contributed by atoms with Crippen LogP contribution in [0.25, 0.3) is 33.1 Å². The minimum atomic E-state index is -0.929. The smallest absolute Gasteiger partial charge is 0.461 e. The molecule has 3 fully saturated rings. The van der Waals surface area contributed by atoms with Gasteiger partial charge in [-0.05, 0) is 50.3 Å². The second-order valence-electron chi connectivity index (χ2n) is 12.7. The van der Waals surface area contributed by atoms with Gasteiger partial charge in [-0.3, -0.25) is 15.0 Å². The number of aromatic nitrogens is 5. The van der Waals surface area contributed by atoms with E-state index in [1.807, 2.05) is 4.90 Å². The van der Waals surface area contributed by atoms with Gasteiger partial charge in [0.05, 0.1) is 49.0 Å². The minimum Gasteiger partial charge on any atom is -0.461 e. The van der Waals surface area contributed by atoms with Crippen LogP contribution < -0.4 is 9.64 Å². The number of fused-ring (bicyclic) bond motifs is 9. The fourth-order valence-corrected chi connectivity index (χ4v) is 7.84. The molecule has 0 radical (unpaired) electrons. The van der Waals surface area contributed by atoms with Gasteiger partial charge in [0, 0.05) is 41.7 Å². The Kier molecular flexibility index (Phi) is 7.96. The molecule has 12 nitrogen and oxygen atoms in total.